The van der Waals surface area contributed by atoms with Crippen molar-refractivity contribution in [3.8, 4) is 16.9 Å². The molecular formula is C21H25BO3. The largest absolute Gasteiger partial charge is 0.494 e. The van der Waals surface area contributed by atoms with Crippen LogP contribution in [0.2, 0.25) is 0 Å². The molecule has 0 N–H and O–H groups in total. The van der Waals surface area contributed by atoms with E-state index in [-0.39, 0.29) is 23.9 Å². The van der Waals surface area contributed by atoms with Crippen LogP contribution in [0.1, 0.15) is 47.1 Å². The summed E-state index contributed by atoms with van der Waals surface area (Å²) < 4.78 is 18.7. The molecule has 2 heterocycles. The molecule has 0 saturated carbocycles. The lowest BCUT2D eigenvalue weighted by Crippen LogP contribution is -2.41. The first-order valence-corrected chi connectivity index (χ1v) is 8.89. The lowest BCUT2D eigenvalue weighted by Gasteiger charge is -2.35. The first-order valence-electron chi connectivity index (χ1n) is 8.89. The zero-order chi connectivity index (χ0) is 18.0. The summed E-state index contributed by atoms with van der Waals surface area (Å²) >= 11 is 0. The van der Waals surface area contributed by atoms with Gasteiger partial charge in [0, 0.05) is 11.1 Å². The summed E-state index contributed by atoms with van der Waals surface area (Å²) in [5, 5.41) is 0. The molecule has 2 aromatic rings. The molecule has 0 unspecified atom stereocenters. The Labute approximate surface area is 150 Å². The quantitative estimate of drug-likeness (QED) is 0.728. The van der Waals surface area contributed by atoms with Crippen LogP contribution >= 0.6 is 0 Å². The smallest absolute Gasteiger partial charge is 0.483 e. The van der Waals surface area contributed by atoms with Gasteiger partial charge in [0.1, 0.15) is 11.4 Å². The third-order valence-electron chi connectivity index (χ3n) is 5.76. The number of fused-ring (bicyclic) bond motifs is 3. The van der Waals surface area contributed by atoms with Gasteiger partial charge in [0.15, 0.2) is 0 Å². The van der Waals surface area contributed by atoms with Crippen molar-refractivity contribution in [1.82, 2.24) is 0 Å². The molecule has 1 fully saturated rings. The Morgan fingerprint density at radius 1 is 0.760 bits per heavy atom. The molecule has 1 saturated heterocycles. The molecule has 0 aromatic heterocycles. The predicted octanol–water partition coefficient (Wildman–Crippen LogP) is 4.28. The summed E-state index contributed by atoms with van der Waals surface area (Å²) in [6.45, 7) is 12.5. The SMILES string of the molecule is CC1(C)Oc2cc(B3OC(C)(C)C(C)(C)O3)ccc2-c2ccccc21. The Balaban J connectivity index is 1.76. The van der Waals surface area contributed by atoms with Crippen molar-refractivity contribution in [1.29, 1.82) is 0 Å². The van der Waals surface area contributed by atoms with E-state index in [9.17, 15) is 0 Å². The van der Waals surface area contributed by atoms with E-state index < -0.39 is 0 Å². The van der Waals surface area contributed by atoms with E-state index >= 15 is 0 Å². The fraction of sp³-hybridized carbons (Fsp3) is 0.429. The summed E-state index contributed by atoms with van der Waals surface area (Å²) in [7, 11) is -0.376. The second kappa shape index (κ2) is 5.12. The van der Waals surface area contributed by atoms with Crippen LogP contribution in [-0.4, -0.2) is 18.3 Å². The average Bonchev–Trinajstić information content (AvgIpc) is 2.75. The minimum atomic E-state index is -0.376. The van der Waals surface area contributed by atoms with Crippen LogP contribution in [0.5, 0.6) is 5.75 Å². The third kappa shape index (κ3) is 2.51. The summed E-state index contributed by atoms with van der Waals surface area (Å²) in [4.78, 5) is 0. The van der Waals surface area contributed by atoms with Crippen molar-refractivity contribution in [2.24, 2.45) is 0 Å². The second-order valence-electron chi connectivity index (χ2n) is 8.50. The Bertz CT molecular complexity index is 823. The van der Waals surface area contributed by atoms with Gasteiger partial charge in [0.2, 0.25) is 0 Å². The molecule has 0 radical (unpaired) electrons. The van der Waals surface area contributed by atoms with E-state index in [1.54, 1.807) is 0 Å². The lowest BCUT2D eigenvalue weighted by molar-refractivity contribution is 0.00578. The number of rotatable bonds is 1. The van der Waals surface area contributed by atoms with Gasteiger partial charge in [-0.25, -0.2) is 0 Å². The molecule has 2 aromatic carbocycles. The molecule has 4 rings (SSSR count). The molecule has 2 aliphatic heterocycles. The van der Waals surface area contributed by atoms with Gasteiger partial charge in [-0.2, -0.15) is 0 Å². The number of benzene rings is 2. The van der Waals surface area contributed by atoms with E-state index in [1.165, 1.54) is 11.1 Å². The highest BCUT2D eigenvalue weighted by Crippen LogP contribution is 2.45. The normalized spacial score (nSPS) is 22.1. The molecule has 3 nitrogen and oxygen atoms in total. The Morgan fingerprint density at radius 3 is 2.08 bits per heavy atom. The standard InChI is InChI=1S/C21H25BO3/c1-19(2)17-10-8-7-9-15(17)16-12-11-14(13-18(16)23-19)22-24-20(3,4)21(5,6)25-22/h7-13H,1-6H3. The fourth-order valence-electron chi connectivity index (χ4n) is 3.54. The third-order valence-corrected chi connectivity index (χ3v) is 5.76. The maximum atomic E-state index is 6.34. The van der Waals surface area contributed by atoms with Gasteiger partial charge in [0.25, 0.3) is 0 Å². The van der Waals surface area contributed by atoms with Crippen LogP contribution in [0.25, 0.3) is 11.1 Å². The lowest BCUT2D eigenvalue weighted by atomic mass is 9.77. The van der Waals surface area contributed by atoms with E-state index in [4.69, 9.17) is 14.0 Å². The average molecular weight is 336 g/mol. The Kier molecular flexibility index (Phi) is 3.42. The molecule has 130 valence electrons. The van der Waals surface area contributed by atoms with Crippen molar-refractivity contribution in [3.05, 3.63) is 48.0 Å². The van der Waals surface area contributed by atoms with Gasteiger partial charge in [-0.1, -0.05) is 36.4 Å². The van der Waals surface area contributed by atoms with Gasteiger partial charge < -0.3 is 14.0 Å². The molecule has 0 spiro atoms. The van der Waals surface area contributed by atoms with Crippen LogP contribution in [0.15, 0.2) is 42.5 Å². The summed E-state index contributed by atoms with van der Waals surface area (Å²) in [5.74, 6) is 0.885. The van der Waals surface area contributed by atoms with Gasteiger partial charge in [-0.05, 0) is 58.6 Å². The molecular weight excluding hydrogens is 311 g/mol. The predicted molar refractivity (Wildman–Crippen MR) is 101 cm³/mol. The highest BCUT2D eigenvalue weighted by molar-refractivity contribution is 6.62. The van der Waals surface area contributed by atoms with Crippen LogP contribution in [0, 0.1) is 0 Å². The van der Waals surface area contributed by atoms with Gasteiger partial charge in [-0.15, -0.1) is 0 Å². The maximum absolute atomic E-state index is 6.34. The molecule has 0 amide bonds. The number of hydrogen-bond donors (Lipinski definition) is 0. The van der Waals surface area contributed by atoms with Gasteiger partial charge in [-0.3, -0.25) is 0 Å². The van der Waals surface area contributed by atoms with Crippen molar-refractivity contribution in [2.45, 2.75) is 58.3 Å². The fourth-order valence-corrected chi connectivity index (χ4v) is 3.54. The van der Waals surface area contributed by atoms with Crippen molar-refractivity contribution < 1.29 is 14.0 Å². The monoisotopic (exact) mass is 336 g/mol. The van der Waals surface area contributed by atoms with E-state index in [0.717, 1.165) is 16.8 Å². The van der Waals surface area contributed by atoms with Crippen molar-refractivity contribution in [2.75, 3.05) is 0 Å². The zero-order valence-corrected chi connectivity index (χ0v) is 15.8. The molecule has 2 aliphatic rings. The van der Waals surface area contributed by atoms with Gasteiger partial charge in [0.05, 0.1) is 11.2 Å². The molecule has 0 bridgehead atoms. The van der Waals surface area contributed by atoms with Crippen LogP contribution in [0.4, 0.5) is 0 Å². The van der Waals surface area contributed by atoms with Crippen LogP contribution in [0.3, 0.4) is 0 Å². The Hall–Kier alpha value is -1.78. The van der Waals surface area contributed by atoms with Crippen molar-refractivity contribution in [3.63, 3.8) is 0 Å². The van der Waals surface area contributed by atoms with Crippen LogP contribution in [-0.2, 0) is 14.9 Å². The first-order chi connectivity index (χ1) is 11.6. The summed E-state index contributed by atoms with van der Waals surface area (Å²) in [6, 6.07) is 14.7. The number of ether oxygens (including phenoxy) is 1. The summed E-state index contributed by atoms with van der Waals surface area (Å²) in [6.07, 6.45) is 0. The summed E-state index contributed by atoms with van der Waals surface area (Å²) in [5.41, 5.74) is 3.50. The van der Waals surface area contributed by atoms with E-state index in [1.807, 2.05) is 0 Å². The van der Waals surface area contributed by atoms with Gasteiger partial charge >= 0.3 is 7.12 Å². The topological polar surface area (TPSA) is 27.7 Å². The first kappa shape index (κ1) is 16.7. The maximum Gasteiger partial charge on any atom is 0.494 e. The number of hydrogen-bond acceptors (Lipinski definition) is 3. The highest BCUT2D eigenvalue weighted by atomic mass is 16.7. The highest BCUT2D eigenvalue weighted by Gasteiger charge is 2.52. The minimum absolute atomic E-state index is 0.347. The minimum Gasteiger partial charge on any atom is -0.483 e. The van der Waals surface area contributed by atoms with Crippen LogP contribution < -0.4 is 10.2 Å². The molecule has 25 heavy (non-hydrogen) atoms. The molecule has 4 heteroatoms. The Morgan fingerprint density at radius 2 is 1.40 bits per heavy atom. The van der Waals surface area contributed by atoms with E-state index in [2.05, 4.69) is 84.0 Å². The van der Waals surface area contributed by atoms with E-state index in [0.29, 0.717) is 0 Å². The molecule has 0 aliphatic carbocycles. The zero-order valence-electron chi connectivity index (χ0n) is 15.8. The second-order valence-corrected chi connectivity index (χ2v) is 8.50. The van der Waals surface area contributed by atoms with Crippen molar-refractivity contribution >= 4 is 12.6 Å². The molecule has 0 atom stereocenters.